The fraction of sp³-hybridized carbons (Fsp3) is 0.185. The fourth-order valence-corrected chi connectivity index (χ4v) is 4.67. The van der Waals surface area contributed by atoms with Crippen molar-refractivity contribution in [3.8, 4) is 5.75 Å². The maximum absolute atomic E-state index is 13.3. The smallest absolute Gasteiger partial charge is 0.282 e. The van der Waals surface area contributed by atoms with Crippen LogP contribution >= 0.6 is 50.1 Å². The molecular formula is C27H23BrClIN4O3. The quantitative estimate of drug-likeness (QED) is 0.162. The Balaban J connectivity index is 1.52. The number of halogens is 3. The van der Waals surface area contributed by atoms with Crippen LogP contribution in [0.4, 0.5) is 5.69 Å². The lowest BCUT2D eigenvalue weighted by molar-refractivity contribution is -0.118. The van der Waals surface area contributed by atoms with Crippen molar-refractivity contribution in [1.29, 1.82) is 0 Å². The second-order valence-electron chi connectivity index (χ2n) is 8.34. The van der Waals surface area contributed by atoms with E-state index >= 15 is 0 Å². The molecule has 0 aliphatic rings. The first-order chi connectivity index (χ1) is 17.7. The summed E-state index contributed by atoms with van der Waals surface area (Å²) in [4.78, 5) is 30.2. The summed E-state index contributed by atoms with van der Waals surface area (Å²) in [6.07, 6.45) is 2.44. The molecule has 1 heterocycles. The predicted octanol–water partition coefficient (Wildman–Crippen LogP) is 6.83. The summed E-state index contributed by atoms with van der Waals surface area (Å²) in [5.74, 6) is 0.947. The Kier molecular flexibility index (Phi) is 8.99. The first kappa shape index (κ1) is 27.3. The molecule has 0 aliphatic heterocycles. The van der Waals surface area contributed by atoms with Crippen molar-refractivity contribution in [2.75, 3.05) is 11.9 Å². The zero-order valence-electron chi connectivity index (χ0n) is 20.0. The van der Waals surface area contributed by atoms with Crippen molar-refractivity contribution in [3.63, 3.8) is 0 Å². The van der Waals surface area contributed by atoms with E-state index in [2.05, 4.69) is 48.9 Å². The molecule has 0 bridgehead atoms. The van der Waals surface area contributed by atoms with Gasteiger partial charge in [0.1, 0.15) is 11.6 Å². The van der Waals surface area contributed by atoms with E-state index < -0.39 is 0 Å². The molecule has 4 rings (SSSR count). The summed E-state index contributed by atoms with van der Waals surface area (Å²) in [6, 6.07) is 17.8. The molecule has 1 N–H and O–H groups in total. The maximum Gasteiger partial charge on any atom is 0.282 e. The van der Waals surface area contributed by atoms with Gasteiger partial charge in [-0.15, -0.1) is 0 Å². The number of fused-ring (bicyclic) bond motifs is 1. The van der Waals surface area contributed by atoms with E-state index in [9.17, 15) is 9.59 Å². The van der Waals surface area contributed by atoms with Crippen LogP contribution in [0.2, 0.25) is 5.02 Å². The van der Waals surface area contributed by atoms with E-state index in [1.165, 1.54) is 4.68 Å². The molecule has 37 heavy (non-hydrogen) atoms. The molecule has 1 atom stereocenters. The number of aromatic nitrogens is 2. The highest BCUT2D eigenvalue weighted by molar-refractivity contribution is 14.1. The molecule has 7 nitrogen and oxygen atoms in total. The maximum atomic E-state index is 13.3. The van der Waals surface area contributed by atoms with Crippen LogP contribution in [0.25, 0.3) is 10.9 Å². The molecule has 0 aliphatic carbocycles. The Morgan fingerprint density at radius 2 is 1.97 bits per heavy atom. The fourth-order valence-electron chi connectivity index (χ4n) is 3.49. The lowest BCUT2D eigenvalue weighted by Gasteiger charge is -2.14. The van der Waals surface area contributed by atoms with Gasteiger partial charge in [-0.2, -0.15) is 9.78 Å². The third-order valence-corrected chi connectivity index (χ3v) is 7.24. The van der Waals surface area contributed by atoms with E-state index in [0.717, 1.165) is 20.0 Å². The third-order valence-electron chi connectivity index (χ3n) is 5.65. The zero-order valence-corrected chi connectivity index (χ0v) is 24.5. The van der Waals surface area contributed by atoms with Crippen molar-refractivity contribution in [1.82, 2.24) is 9.66 Å². The monoisotopic (exact) mass is 692 g/mol. The number of carbonyl (C=O) groups is 1. The minimum absolute atomic E-state index is 0.0489. The standard InChI is InChI=1S/C27H23BrClIN4O3/c1-3-16(2)26-33-23-10-5-18(28)13-21(23)27(36)34(26)31-14-17-4-11-24(22(30)12-17)37-15-25(35)32-20-8-6-19(29)7-9-20/h4-14,16H,3,15H2,1-2H3,(H,32,35)/t16-/m0/s1. The molecule has 0 fully saturated rings. The van der Waals surface area contributed by atoms with Gasteiger partial charge >= 0.3 is 0 Å². The van der Waals surface area contributed by atoms with Crippen LogP contribution in [0.1, 0.15) is 37.6 Å². The molecule has 0 spiro atoms. The van der Waals surface area contributed by atoms with Gasteiger partial charge in [0.15, 0.2) is 6.61 Å². The number of nitrogens with one attached hydrogen (secondary N) is 1. The number of benzene rings is 3. The summed E-state index contributed by atoms with van der Waals surface area (Å²) in [5, 5.41) is 8.36. The Labute approximate surface area is 241 Å². The number of amides is 1. The van der Waals surface area contributed by atoms with Gasteiger partial charge in [-0.25, -0.2) is 4.98 Å². The van der Waals surface area contributed by atoms with Crippen LogP contribution in [-0.2, 0) is 4.79 Å². The summed E-state index contributed by atoms with van der Waals surface area (Å²) < 4.78 is 8.68. The highest BCUT2D eigenvalue weighted by Crippen LogP contribution is 2.23. The van der Waals surface area contributed by atoms with Gasteiger partial charge in [0, 0.05) is 21.1 Å². The van der Waals surface area contributed by atoms with Crippen LogP contribution < -0.4 is 15.6 Å². The zero-order chi connectivity index (χ0) is 26.5. The third kappa shape index (κ3) is 6.77. The number of nitrogens with zero attached hydrogens (tertiary/aromatic N) is 3. The van der Waals surface area contributed by atoms with E-state index in [4.69, 9.17) is 21.3 Å². The van der Waals surface area contributed by atoms with Crippen molar-refractivity contribution in [3.05, 3.63) is 95.5 Å². The summed E-state index contributed by atoms with van der Waals surface area (Å²) in [7, 11) is 0. The average molecular weight is 694 g/mol. The number of anilines is 1. The number of ether oxygens (including phenoxy) is 1. The van der Waals surface area contributed by atoms with E-state index in [-0.39, 0.29) is 24.0 Å². The van der Waals surface area contributed by atoms with Gasteiger partial charge in [-0.05, 0) is 95.2 Å². The Hall–Kier alpha value is -2.76. The van der Waals surface area contributed by atoms with Crippen LogP contribution in [0.15, 0.2) is 75.0 Å². The lowest BCUT2D eigenvalue weighted by atomic mass is 10.1. The molecule has 3 aromatic carbocycles. The second kappa shape index (κ2) is 12.2. The van der Waals surface area contributed by atoms with E-state index in [1.54, 1.807) is 42.6 Å². The van der Waals surface area contributed by atoms with Gasteiger partial charge < -0.3 is 10.1 Å². The van der Waals surface area contributed by atoms with Gasteiger partial charge in [0.25, 0.3) is 11.5 Å². The summed E-state index contributed by atoms with van der Waals surface area (Å²) in [5.41, 5.74) is 1.84. The SMILES string of the molecule is CC[C@H](C)c1nc2ccc(Br)cc2c(=O)n1N=Cc1ccc(OCC(=O)Nc2ccc(Cl)cc2)c(I)c1. The molecule has 4 aromatic rings. The number of carbonyl (C=O) groups excluding carboxylic acids is 1. The Morgan fingerprint density at radius 1 is 1.22 bits per heavy atom. The highest BCUT2D eigenvalue weighted by atomic mass is 127. The van der Waals surface area contributed by atoms with Gasteiger partial charge in [-0.3, -0.25) is 9.59 Å². The van der Waals surface area contributed by atoms with Gasteiger partial charge in [0.2, 0.25) is 0 Å². The first-order valence-electron chi connectivity index (χ1n) is 11.5. The minimum Gasteiger partial charge on any atom is -0.483 e. The average Bonchev–Trinajstić information content (AvgIpc) is 2.88. The molecule has 10 heteroatoms. The van der Waals surface area contributed by atoms with E-state index in [0.29, 0.717) is 33.2 Å². The van der Waals surface area contributed by atoms with Crippen molar-refractivity contribution in [2.45, 2.75) is 26.2 Å². The molecule has 1 amide bonds. The highest BCUT2D eigenvalue weighted by Gasteiger charge is 2.16. The van der Waals surface area contributed by atoms with E-state index in [1.807, 2.05) is 38.1 Å². The molecule has 0 unspecified atom stereocenters. The Bertz CT molecular complexity index is 1540. The van der Waals surface area contributed by atoms with Crippen molar-refractivity contribution < 1.29 is 9.53 Å². The molecule has 190 valence electrons. The van der Waals surface area contributed by atoms with Crippen molar-refractivity contribution >= 4 is 78.8 Å². The summed E-state index contributed by atoms with van der Waals surface area (Å²) in [6.45, 7) is 3.93. The van der Waals surface area contributed by atoms with Crippen LogP contribution in [-0.4, -0.2) is 28.4 Å². The second-order valence-corrected chi connectivity index (χ2v) is 10.9. The van der Waals surface area contributed by atoms with Gasteiger partial charge in [0.05, 0.1) is 20.7 Å². The predicted molar refractivity (Wildman–Crippen MR) is 160 cm³/mol. The minimum atomic E-state index is -0.281. The van der Waals surface area contributed by atoms with Crippen LogP contribution in [0.3, 0.4) is 0 Å². The molecule has 0 saturated heterocycles. The number of hydrogen-bond donors (Lipinski definition) is 1. The lowest BCUT2D eigenvalue weighted by Crippen LogP contribution is -2.23. The molecular weight excluding hydrogens is 671 g/mol. The Morgan fingerprint density at radius 3 is 2.68 bits per heavy atom. The normalized spacial score (nSPS) is 12.1. The topological polar surface area (TPSA) is 85.6 Å². The molecule has 1 aromatic heterocycles. The van der Waals surface area contributed by atoms with Crippen molar-refractivity contribution in [2.24, 2.45) is 5.10 Å². The number of rotatable bonds is 8. The molecule has 0 radical (unpaired) electrons. The first-order valence-corrected chi connectivity index (χ1v) is 13.7. The van der Waals surface area contributed by atoms with Crippen LogP contribution in [0.5, 0.6) is 5.75 Å². The molecule has 0 saturated carbocycles. The number of hydrogen-bond acceptors (Lipinski definition) is 5. The largest absolute Gasteiger partial charge is 0.483 e. The van der Waals surface area contributed by atoms with Crippen LogP contribution in [0, 0.1) is 3.57 Å². The van der Waals surface area contributed by atoms with Gasteiger partial charge in [-0.1, -0.05) is 41.4 Å². The summed E-state index contributed by atoms with van der Waals surface area (Å²) >= 11 is 11.4.